The number of hydrogen-bond donors (Lipinski definition) is 3. The summed E-state index contributed by atoms with van der Waals surface area (Å²) in [7, 11) is 0. The van der Waals surface area contributed by atoms with Crippen LogP contribution in [0.3, 0.4) is 0 Å². The van der Waals surface area contributed by atoms with E-state index in [1.165, 1.54) is 0 Å². The summed E-state index contributed by atoms with van der Waals surface area (Å²) in [6.45, 7) is 6.27. The number of hydrogen-bond acceptors (Lipinski definition) is 4. The fourth-order valence-corrected chi connectivity index (χ4v) is 1.50. The van der Waals surface area contributed by atoms with Crippen molar-refractivity contribution in [2.45, 2.75) is 32.4 Å². The average Bonchev–Trinajstić information content (AvgIpc) is 2.27. The summed E-state index contributed by atoms with van der Waals surface area (Å²) in [6.07, 6.45) is -0.0651. The van der Waals surface area contributed by atoms with Crippen molar-refractivity contribution in [3.63, 3.8) is 0 Å². The maximum absolute atomic E-state index is 11.5. The van der Waals surface area contributed by atoms with E-state index in [-0.39, 0.29) is 17.9 Å². The molecule has 0 bridgehead atoms. The van der Waals surface area contributed by atoms with Gasteiger partial charge in [-0.1, -0.05) is 13.8 Å². The number of aliphatic hydroxyl groups excluding tert-OH is 1. The van der Waals surface area contributed by atoms with Gasteiger partial charge >= 0.3 is 0 Å². The smallest absolute Gasteiger partial charge is 0.221 e. The van der Waals surface area contributed by atoms with Crippen LogP contribution in [0.25, 0.3) is 0 Å². The van der Waals surface area contributed by atoms with E-state index in [1.54, 1.807) is 0 Å². The van der Waals surface area contributed by atoms with E-state index < -0.39 is 6.10 Å². The van der Waals surface area contributed by atoms with Gasteiger partial charge in [0.1, 0.15) is 0 Å². The van der Waals surface area contributed by atoms with Crippen molar-refractivity contribution in [3.05, 3.63) is 0 Å². The first-order valence-electron chi connectivity index (χ1n) is 5.85. The number of ether oxygens (including phenoxy) is 1. The molecule has 2 atom stereocenters. The molecule has 3 N–H and O–H groups in total. The van der Waals surface area contributed by atoms with Crippen molar-refractivity contribution in [3.8, 4) is 0 Å². The second-order valence-corrected chi connectivity index (χ2v) is 4.55. The molecule has 0 aromatic carbocycles. The van der Waals surface area contributed by atoms with Crippen LogP contribution in [-0.4, -0.2) is 49.5 Å². The Morgan fingerprint density at radius 1 is 1.62 bits per heavy atom. The molecule has 5 nitrogen and oxygen atoms in total. The van der Waals surface area contributed by atoms with Gasteiger partial charge in [-0.25, -0.2) is 0 Å². The zero-order valence-electron chi connectivity index (χ0n) is 10.0. The summed E-state index contributed by atoms with van der Waals surface area (Å²) < 4.78 is 5.25. The number of carbonyl (C=O) groups is 1. The molecule has 1 rings (SSSR count). The third-order valence-electron chi connectivity index (χ3n) is 2.71. The minimum Gasteiger partial charge on any atom is -0.391 e. The van der Waals surface area contributed by atoms with Crippen molar-refractivity contribution >= 4 is 5.91 Å². The molecule has 1 fully saturated rings. The summed E-state index contributed by atoms with van der Waals surface area (Å²) in [4.78, 5) is 11.5. The molecular formula is C11H22N2O3. The Morgan fingerprint density at radius 2 is 2.38 bits per heavy atom. The van der Waals surface area contributed by atoms with Gasteiger partial charge in [0.15, 0.2) is 0 Å². The monoisotopic (exact) mass is 230 g/mol. The highest BCUT2D eigenvalue weighted by atomic mass is 16.5. The Labute approximate surface area is 96.6 Å². The minimum atomic E-state index is -0.473. The Balaban J connectivity index is 2.14. The molecule has 0 saturated carbocycles. The van der Waals surface area contributed by atoms with Crippen LogP contribution < -0.4 is 10.6 Å². The van der Waals surface area contributed by atoms with E-state index in [2.05, 4.69) is 10.6 Å². The van der Waals surface area contributed by atoms with Crippen molar-refractivity contribution in [2.24, 2.45) is 5.92 Å². The highest BCUT2D eigenvalue weighted by Crippen LogP contribution is 2.01. The van der Waals surface area contributed by atoms with Gasteiger partial charge in [0.05, 0.1) is 19.3 Å². The molecule has 0 aromatic heterocycles. The van der Waals surface area contributed by atoms with Crippen LogP contribution in [0, 0.1) is 5.92 Å². The van der Waals surface area contributed by atoms with Crippen molar-refractivity contribution in [1.29, 1.82) is 0 Å². The van der Waals surface area contributed by atoms with E-state index in [0.717, 1.165) is 6.54 Å². The molecule has 0 aromatic rings. The topological polar surface area (TPSA) is 70.6 Å². The van der Waals surface area contributed by atoms with Crippen LogP contribution in [0.5, 0.6) is 0 Å². The number of carbonyl (C=O) groups excluding carboxylic acids is 1. The van der Waals surface area contributed by atoms with Gasteiger partial charge in [0, 0.05) is 25.6 Å². The maximum atomic E-state index is 11.5. The fourth-order valence-electron chi connectivity index (χ4n) is 1.50. The van der Waals surface area contributed by atoms with E-state index in [0.29, 0.717) is 26.2 Å². The molecule has 2 unspecified atom stereocenters. The summed E-state index contributed by atoms with van der Waals surface area (Å²) in [6, 6.07) is 0.102. The van der Waals surface area contributed by atoms with Crippen LogP contribution in [0.2, 0.25) is 0 Å². The van der Waals surface area contributed by atoms with Crippen LogP contribution in [0.1, 0.15) is 20.3 Å². The Hall–Kier alpha value is -0.650. The summed E-state index contributed by atoms with van der Waals surface area (Å²) in [5, 5.41) is 15.5. The molecule has 16 heavy (non-hydrogen) atoms. The van der Waals surface area contributed by atoms with Crippen LogP contribution in [-0.2, 0) is 9.53 Å². The number of rotatable bonds is 5. The molecule has 1 heterocycles. The standard InChI is InChI=1S/C11H22N2O3/c1-8(2)10(14)6-13-11(15)5-9-7-16-4-3-12-9/h8-10,12,14H,3-7H2,1-2H3,(H,13,15). The zero-order valence-corrected chi connectivity index (χ0v) is 10.0. The normalized spacial score (nSPS) is 23.1. The third-order valence-corrected chi connectivity index (χ3v) is 2.71. The molecule has 1 amide bonds. The fraction of sp³-hybridized carbons (Fsp3) is 0.909. The van der Waals surface area contributed by atoms with Crippen LogP contribution in [0.15, 0.2) is 0 Å². The number of nitrogens with one attached hydrogen (secondary N) is 2. The molecule has 0 radical (unpaired) electrons. The number of aliphatic hydroxyl groups is 1. The minimum absolute atomic E-state index is 0.0392. The molecule has 1 aliphatic heterocycles. The zero-order chi connectivity index (χ0) is 12.0. The lowest BCUT2D eigenvalue weighted by Gasteiger charge is -2.23. The number of morpholine rings is 1. The number of amides is 1. The lowest BCUT2D eigenvalue weighted by atomic mass is 10.1. The second kappa shape index (κ2) is 6.83. The molecular weight excluding hydrogens is 208 g/mol. The summed E-state index contributed by atoms with van der Waals surface area (Å²) in [5.41, 5.74) is 0. The Bertz CT molecular complexity index is 215. The van der Waals surface area contributed by atoms with Gasteiger partial charge in [0.2, 0.25) is 5.91 Å². The van der Waals surface area contributed by atoms with E-state index >= 15 is 0 Å². The molecule has 1 saturated heterocycles. The van der Waals surface area contributed by atoms with Gasteiger partial charge < -0.3 is 20.5 Å². The lowest BCUT2D eigenvalue weighted by Crippen LogP contribution is -2.45. The molecule has 0 spiro atoms. The van der Waals surface area contributed by atoms with E-state index in [4.69, 9.17) is 4.74 Å². The quantitative estimate of drug-likeness (QED) is 0.595. The molecule has 0 aliphatic carbocycles. The largest absolute Gasteiger partial charge is 0.391 e. The first kappa shape index (κ1) is 13.4. The van der Waals surface area contributed by atoms with Gasteiger partial charge in [0.25, 0.3) is 0 Å². The average molecular weight is 230 g/mol. The summed E-state index contributed by atoms with van der Waals surface area (Å²) >= 11 is 0. The first-order valence-corrected chi connectivity index (χ1v) is 5.85. The lowest BCUT2D eigenvalue weighted by molar-refractivity contribution is -0.122. The first-order chi connectivity index (χ1) is 7.59. The predicted molar refractivity (Wildman–Crippen MR) is 61.1 cm³/mol. The van der Waals surface area contributed by atoms with E-state index in [1.807, 2.05) is 13.8 Å². The van der Waals surface area contributed by atoms with Gasteiger partial charge in [-0.15, -0.1) is 0 Å². The Kier molecular flexibility index (Phi) is 5.73. The maximum Gasteiger partial charge on any atom is 0.221 e. The molecule has 5 heteroatoms. The van der Waals surface area contributed by atoms with Gasteiger partial charge in [-0.3, -0.25) is 4.79 Å². The summed E-state index contributed by atoms with van der Waals surface area (Å²) in [5.74, 6) is 0.124. The SMILES string of the molecule is CC(C)C(O)CNC(=O)CC1COCCN1. The second-order valence-electron chi connectivity index (χ2n) is 4.55. The predicted octanol–water partition coefficient (Wildman–Crippen LogP) is -0.502. The van der Waals surface area contributed by atoms with Gasteiger partial charge in [-0.05, 0) is 5.92 Å². The van der Waals surface area contributed by atoms with Crippen molar-refractivity contribution in [1.82, 2.24) is 10.6 Å². The van der Waals surface area contributed by atoms with Gasteiger partial charge in [-0.2, -0.15) is 0 Å². The highest BCUT2D eigenvalue weighted by Gasteiger charge is 2.17. The van der Waals surface area contributed by atoms with Crippen molar-refractivity contribution in [2.75, 3.05) is 26.3 Å². The van der Waals surface area contributed by atoms with E-state index in [9.17, 15) is 9.90 Å². The third kappa shape index (κ3) is 4.92. The highest BCUT2D eigenvalue weighted by molar-refractivity contribution is 5.76. The molecule has 1 aliphatic rings. The van der Waals surface area contributed by atoms with Crippen LogP contribution >= 0.6 is 0 Å². The molecule has 94 valence electrons. The van der Waals surface area contributed by atoms with Crippen molar-refractivity contribution < 1.29 is 14.6 Å². The Morgan fingerprint density at radius 3 is 2.94 bits per heavy atom. The van der Waals surface area contributed by atoms with Crippen LogP contribution in [0.4, 0.5) is 0 Å².